The summed E-state index contributed by atoms with van der Waals surface area (Å²) < 4.78 is 42.7. The minimum absolute atomic E-state index is 0.153. The standard InChI is InChI=1S/C33H19F3N2O2/c34-33(35,36)22-15-18-25-24-9-4-5-11-27(24)38(29(25)19-22)28-12-6-10-26-30(28)32(40)37(31(26)39)23-16-13-21(14-17-23)20-7-2-1-3-8-20/h1-19H. The van der Waals surface area contributed by atoms with E-state index in [1.54, 1.807) is 47.0 Å². The first-order valence-corrected chi connectivity index (χ1v) is 12.6. The normalized spacial score (nSPS) is 13.4. The predicted molar refractivity (Wildman–Crippen MR) is 149 cm³/mol. The molecule has 40 heavy (non-hydrogen) atoms. The Labute approximate surface area is 226 Å². The maximum absolute atomic E-state index is 13.9. The van der Waals surface area contributed by atoms with Gasteiger partial charge in [-0.15, -0.1) is 0 Å². The van der Waals surface area contributed by atoms with Gasteiger partial charge in [-0.2, -0.15) is 13.2 Å². The fraction of sp³-hybridized carbons (Fsp3) is 0.0303. The van der Waals surface area contributed by atoms with Crippen LogP contribution >= 0.6 is 0 Å². The van der Waals surface area contributed by atoms with E-state index < -0.39 is 23.6 Å². The third kappa shape index (κ3) is 3.55. The molecule has 0 saturated heterocycles. The lowest BCUT2D eigenvalue weighted by atomic mass is 10.1. The molecular formula is C33H19F3N2O2. The quantitative estimate of drug-likeness (QED) is 0.215. The van der Waals surface area contributed by atoms with Crippen molar-refractivity contribution in [2.75, 3.05) is 4.90 Å². The molecule has 194 valence electrons. The van der Waals surface area contributed by atoms with E-state index in [2.05, 4.69) is 0 Å². The Balaban J connectivity index is 1.39. The number of halogens is 3. The zero-order valence-electron chi connectivity index (χ0n) is 20.8. The SMILES string of the molecule is O=C1c2cccc(-n3c4ccccc4c4ccc(C(F)(F)F)cc43)c2C(=O)N1c1ccc(-c2ccccc2)cc1. The average molecular weight is 533 g/mol. The van der Waals surface area contributed by atoms with Gasteiger partial charge in [0.05, 0.1) is 39.1 Å². The number of carbonyl (C=O) groups excluding carboxylic acids is 2. The summed E-state index contributed by atoms with van der Waals surface area (Å²) in [7, 11) is 0. The van der Waals surface area contributed by atoms with Crippen LogP contribution in [0.5, 0.6) is 0 Å². The van der Waals surface area contributed by atoms with Crippen LogP contribution in [0.2, 0.25) is 0 Å². The number of aromatic nitrogens is 1. The molecule has 0 saturated carbocycles. The van der Waals surface area contributed by atoms with Gasteiger partial charge < -0.3 is 4.57 Å². The van der Waals surface area contributed by atoms with Crippen LogP contribution in [0, 0.1) is 0 Å². The fourth-order valence-electron chi connectivity index (χ4n) is 5.53. The van der Waals surface area contributed by atoms with Crippen LogP contribution in [-0.2, 0) is 6.18 Å². The molecule has 4 nitrogen and oxygen atoms in total. The number of nitrogens with zero attached hydrogens (tertiary/aromatic N) is 2. The highest BCUT2D eigenvalue weighted by Crippen LogP contribution is 2.40. The van der Waals surface area contributed by atoms with Crippen molar-refractivity contribution in [1.29, 1.82) is 0 Å². The van der Waals surface area contributed by atoms with Crippen molar-refractivity contribution < 1.29 is 22.8 Å². The molecule has 0 atom stereocenters. The molecule has 0 aliphatic carbocycles. The molecule has 1 aliphatic rings. The van der Waals surface area contributed by atoms with E-state index in [4.69, 9.17) is 0 Å². The second-order valence-corrected chi connectivity index (χ2v) is 9.64. The lowest BCUT2D eigenvalue weighted by Gasteiger charge is -2.15. The van der Waals surface area contributed by atoms with Crippen molar-refractivity contribution in [2.24, 2.45) is 0 Å². The lowest BCUT2D eigenvalue weighted by Crippen LogP contribution is -2.29. The molecule has 1 aromatic heterocycles. The maximum atomic E-state index is 13.9. The minimum atomic E-state index is -4.54. The minimum Gasteiger partial charge on any atom is -0.308 e. The van der Waals surface area contributed by atoms with E-state index in [1.165, 1.54) is 6.07 Å². The van der Waals surface area contributed by atoms with Crippen molar-refractivity contribution in [2.45, 2.75) is 6.18 Å². The molecule has 7 heteroatoms. The third-order valence-electron chi connectivity index (χ3n) is 7.37. The Bertz CT molecular complexity index is 1970. The Hall–Kier alpha value is -5.17. The second-order valence-electron chi connectivity index (χ2n) is 9.64. The summed E-state index contributed by atoms with van der Waals surface area (Å²) in [6, 6.07) is 32.6. The van der Waals surface area contributed by atoms with E-state index >= 15 is 0 Å². The molecule has 2 heterocycles. The van der Waals surface area contributed by atoms with Crippen LogP contribution in [0.4, 0.5) is 18.9 Å². The molecule has 0 unspecified atom stereocenters. The van der Waals surface area contributed by atoms with E-state index in [0.717, 1.165) is 33.5 Å². The maximum Gasteiger partial charge on any atom is 0.416 e. The first-order valence-electron chi connectivity index (χ1n) is 12.6. The summed E-state index contributed by atoms with van der Waals surface area (Å²) >= 11 is 0. The number of para-hydroxylation sites is 1. The highest BCUT2D eigenvalue weighted by molar-refractivity contribution is 6.35. The lowest BCUT2D eigenvalue weighted by molar-refractivity contribution is -0.137. The topological polar surface area (TPSA) is 42.3 Å². The zero-order valence-corrected chi connectivity index (χ0v) is 20.8. The molecule has 7 rings (SSSR count). The zero-order chi connectivity index (χ0) is 27.6. The molecule has 6 aromatic rings. The van der Waals surface area contributed by atoms with E-state index in [1.807, 2.05) is 54.6 Å². The average Bonchev–Trinajstić information content (AvgIpc) is 3.44. The van der Waals surface area contributed by atoms with Crippen LogP contribution in [0.1, 0.15) is 26.3 Å². The summed E-state index contributed by atoms with van der Waals surface area (Å²) in [6.45, 7) is 0. The largest absolute Gasteiger partial charge is 0.416 e. The van der Waals surface area contributed by atoms with Gasteiger partial charge in [-0.1, -0.05) is 72.8 Å². The molecule has 1 aliphatic heterocycles. The highest BCUT2D eigenvalue weighted by atomic mass is 19.4. The number of anilines is 1. The molecule has 0 spiro atoms. The summed E-state index contributed by atoms with van der Waals surface area (Å²) in [5.74, 6) is -1.01. The number of benzene rings is 5. The molecule has 0 radical (unpaired) electrons. The highest BCUT2D eigenvalue weighted by Gasteiger charge is 2.39. The van der Waals surface area contributed by atoms with Crippen LogP contribution in [0.3, 0.4) is 0 Å². The van der Waals surface area contributed by atoms with Gasteiger partial charge in [0, 0.05) is 10.8 Å². The van der Waals surface area contributed by atoms with Crippen molar-refractivity contribution >= 4 is 39.3 Å². The molecule has 0 fully saturated rings. The number of hydrogen-bond donors (Lipinski definition) is 0. The molecule has 2 amide bonds. The van der Waals surface area contributed by atoms with Gasteiger partial charge in [0.2, 0.25) is 0 Å². The van der Waals surface area contributed by atoms with Crippen molar-refractivity contribution in [3.63, 3.8) is 0 Å². The summed E-state index contributed by atoms with van der Waals surface area (Å²) in [4.78, 5) is 28.6. The van der Waals surface area contributed by atoms with Gasteiger partial charge >= 0.3 is 6.18 Å². The van der Waals surface area contributed by atoms with Gasteiger partial charge in [0.1, 0.15) is 0 Å². The monoisotopic (exact) mass is 532 g/mol. The van der Waals surface area contributed by atoms with Gasteiger partial charge in [-0.05, 0) is 53.6 Å². The smallest absolute Gasteiger partial charge is 0.308 e. The van der Waals surface area contributed by atoms with Crippen LogP contribution < -0.4 is 4.90 Å². The Morgan fingerprint density at radius 2 is 1.25 bits per heavy atom. The number of rotatable bonds is 3. The number of carbonyl (C=O) groups is 2. The first kappa shape index (κ1) is 23.9. The second kappa shape index (κ2) is 8.68. The van der Waals surface area contributed by atoms with Gasteiger partial charge in [-0.25, -0.2) is 4.90 Å². The summed E-state index contributed by atoms with van der Waals surface area (Å²) in [6.07, 6.45) is -4.54. The number of alkyl halides is 3. The number of hydrogen-bond acceptors (Lipinski definition) is 2. The van der Waals surface area contributed by atoms with Crippen LogP contribution in [-0.4, -0.2) is 16.4 Å². The number of fused-ring (bicyclic) bond motifs is 4. The van der Waals surface area contributed by atoms with Gasteiger partial charge in [0.15, 0.2) is 0 Å². The summed E-state index contributed by atoms with van der Waals surface area (Å²) in [5.41, 5.74) is 3.21. The summed E-state index contributed by atoms with van der Waals surface area (Å²) in [5, 5.41) is 1.36. The number of amides is 2. The van der Waals surface area contributed by atoms with Gasteiger partial charge in [-0.3, -0.25) is 9.59 Å². The van der Waals surface area contributed by atoms with Gasteiger partial charge in [0.25, 0.3) is 11.8 Å². The van der Waals surface area contributed by atoms with Crippen LogP contribution in [0.15, 0.2) is 115 Å². The molecular weight excluding hydrogens is 513 g/mol. The van der Waals surface area contributed by atoms with E-state index in [9.17, 15) is 22.8 Å². The third-order valence-corrected chi connectivity index (χ3v) is 7.37. The van der Waals surface area contributed by atoms with E-state index in [0.29, 0.717) is 27.8 Å². The van der Waals surface area contributed by atoms with Crippen molar-refractivity contribution in [3.05, 3.63) is 132 Å². The van der Waals surface area contributed by atoms with Crippen molar-refractivity contribution in [1.82, 2.24) is 4.57 Å². The molecule has 0 bridgehead atoms. The Morgan fingerprint density at radius 3 is 2.00 bits per heavy atom. The van der Waals surface area contributed by atoms with E-state index in [-0.39, 0.29) is 11.1 Å². The number of imide groups is 1. The molecule has 5 aromatic carbocycles. The van der Waals surface area contributed by atoms with Crippen molar-refractivity contribution in [3.8, 4) is 16.8 Å². The Morgan fingerprint density at radius 1 is 0.575 bits per heavy atom. The Kier molecular flexibility index (Phi) is 5.19. The fourth-order valence-corrected chi connectivity index (χ4v) is 5.53. The molecule has 0 N–H and O–H groups in total. The predicted octanol–water partition coefficient (Wildman–Crippen LogP) is 8.27. The first-order chi connectivity index (χ1) is 19.3. The van der Waals surface area contributed by atoms with Crippen LogP contribution in [0.25, 0.3) is 38.6 Å².